The minimum Gasteiger partial charge on any atom is -0.362 e. The van der Waals surface area contributed by atoms with Crippen molar-refractivity contribution in [3.8, 4) is 0 Å². The third kappa shape index (κ3) is 5.44. The molecule has 0 saturated carbocycles. The SMILES string of the molecule is O=Cc1ccc(NC(=O)COCC(F)(F)F)cc1. The standard InChI is InChI=1S/C11H10F3NO3/c12-11(13,14)7-18-6-10(17)15-9-3-1-8(5-16)2-4-9/h1-5H,6-7H2,(H,15,17). The number of rotatable bonds is 5. The second kappa shape index (κ2) is 6.15. The van der Waals surface area contributed by atoms with E-state index < -0.39 is 25.3 Å². The number of amides is 1. The Bertz CT molecular complexity index is 415. The molecular weight excluding hydrogens is 251 g/mol. The fourth-order valence-electron chi connectivity index (χ4n) is 1.10. The Morgan fingerprint density at radius 2 is 1.89 bits per heavy atom. The molecule has 0 aliphatic heterocycles. The van der Waals surface area contributed by atoms with Crippen molar-refractivity contribution in [2.75, 3.05) is 18.5 Å². The van der Waals surface area contributed by atoms with Gasteiger partial charge in [-0.25, -0.2) is 0 Å². The monoisotopic (exact) mass is 261 g/mol. The van der Waals surface area contributed by atoms with Crippen molar-refractivity contribution in [3.63, 3.8) is 0 Å². The van der Waals surface area contributed by atoms with Gasteiger partial charge in [-0.05, 0) is 24.3 Å². The Kier molecular flexibility index (Phi) is 4.85. The van der Waals surface area contributed by atoms with Gasteiger partial charge >= 0.3 is 6.18 Å². The number of hydrogen-bond donors (Lipinski definition) is 1. The molecule has 0 radical (unpaired) electrons. The van der Waals surface area contributed by atoms with E-state index in [9.17, 15) is 22.8 Å². The van der Waals surface area contributed by atoms with Gasteiger partial charge in [0.25, 0.3) is 0 Å². The summed E-state index contributed by atoms with van der Waals surface area (Å²) in [6, 6.07) is 5.87. The molecule has 0 aromatic heterocycles. The Morgan fingerprint density at radius 1 is 1.28 bits per heavy atom. The lowest BCUT2D eigenvalue weighted by Crippen LogP contribution is -2.23. The van der Waals surface area contributed by atoms with Gasteiger partial charge in [-0.1, -0.05) is 0 Å². The molecule has 0 saturated heterocycles. The highest BCUT2D eigenvalue weighted by molar-refractivity contribution is 5.92. The molecule has 7 heteroatoms. The lowest BCUT2D eigenvalue weighted by molar-refractivity contribution is -0.174. The first kappa shape index (κ1) is 14.2. The summed E-state index contributed by atoms with van der Waals surface area (Å²) in [6.07, 6.45) is -3.82. The van der Waals surface area contributed by atoms with Crippen LogP contribution in [0.2, 0.25) is 0 Å². The zero-order valence-corrected chi connectivity index (χ0v) is 9.16. The van der Waals surface area contributed by atoms with E-state index in [4.69, 9.17) is 0 Å². The summed E-state index contributed by atoms with van der Waals surface area (Å²) in [5.74, 6) is -0.696. The maximum Gasteiger partial charge on any atom is 0.411 e. The predicted molar refractivity (Wildman–Crippen MR) is 57.3 cm³/mol. The highest BCUT2D eigenvalue weighted by Crippen LogP contribution is 2.14. The summed E-state index contributed by atoms with van der Waals surface area (Å²) in [7, 11) is 0. The Labute approximate surface area is 101 Å². The number of benzene rings is 1. The van der Waals surface area contributed by atoms with Crippen LogP contribution in [-0.4, -0.2) is 31.6 Å². The minimum atomic E-state index is -4.45. The molecule has 1 N–H and O–H groups in total. The van der Waals surface area contributed by atoms with Crippen molar-refractivity contribution >= 4 is 17.9 Å². The molecule has 18 heavy (non-hydrogen) atoms. The maximum absolute atomic E-state index is 11.7. The van der Waals surface area contributed by atoms with Gasteiger partial charge in [0, 0.05) is 11.3 Å². The number of hydrogen-bond acceptors (Lipinski definition) is 3. The number of halogens is 3. The maximum atomic E-state index is 11.7. The zero-order chi connectivity index (χ0) is 13.6. The first-order chi connectivity index (χ1) is 8.40. The smallest absolute Gasteiger partial charge is 0.362 e. The van der Waals surface area contributed by atoms with E-state index in [1.54, 1.807) is 0 Å². The molecule has 0 atom stereocenters. The van der Waals surface area contributed by atoms with E-state index in [0.717, 1.165) is 0 Å². The van der Waals surface area contributed by atoms with Gasteiger partial charge in [-0.3, -0.25) is 9.59 Å². The average molecular weight is 261 g/mol. The molecule has 0 bridgehead atoms. The Morgan fingerprint density at radius 3 is 2.39 bits per heavy atom. The second-order valence-corrected chi connectivity index (χ2v) is 3.40. The summed E-state index contributed by atoms with van der Waals surface area (Å²) < 4.78 is 39.4. The van der Waals surface area contributed by atoms with Crippen molar-refractivity contribution in [2.45, 2.75) is 6.18 Å². The van der Waals surface area contributed by atoms with Crippen LogP contribution in [0.15, 0.2) is 24.3 Å². The van der Waals surface area contributed by atoms with Gasteiger partial charge in [0.15, 0.2) is 0 Å². The molecular formula is C11H10F3NO3. The van der Waals surface area contributed by atoms with Crippen molar-refractivity contribution in [1.82, 2.24) is 0 Å². The molecule has 0 spiro atoms. The van der Waals surface area contributed by atoms with Crippen LogP contribution in [0.25, 0.3) is 0 Å². The number of carbonyl (C=O) groups is 2. The summed E-state index contributed by atoms with van der Waals surface area (Å²) >= 11 is 0. The summed E-state index contributed by atoms with van der Waals surface area (Å²) in [5, 5.41) is 2.33. The molecule has 1 aromatic carbocycles. The second-order valence-electron chi connectivity index (χ2n) is 3.40. The number of carbonyl (C=O) groups excluding carboxylic acids is 2. The van der Waals surface area contributed by atoms with E-state index in [-0.39, 0.29) is 0 Å². The normalized spacial score (nSPS) is 11.1. The van der Waals surface area contributed by atoms with Crippen LogP contribution in [0.1, 0.15) is 10.4 Å². The van der Waals surface area contributed by atoms with Gasteiger partial charge in [-0.2, -0.15) is 13.2 Å². The van der Waals surface area contributed by atoms with Gasteiger partial charge in [0.05, 0.1) is 0 Å². The molecule has 98 valence electrons. The van der Waals surface area contributed by atoms with Crippen molar-refractivity contribution in [2.24, 2.45) is 0 Å². The molecule has 1 aromatic rings. The zero-order valence-electron chi connectivity index (χ0n) is 9.16. The van der Waals surface area contributed by atoms with E-state index in [1.807, 2.05) is 0 Å². The molecule has 0 aliphatic carbocycles. The van der Waals surface area contributed by atoms with Crippen LogP contribution < -0.4 is 5.32 Å². The van der Waals surface area contributed by atoms with Crippen LogP contribution in [0, 0.1) is 0 Å². The van der Waals surface area contributed by atoms with Crippen LogP contribution in [0.4, 0.5) is 18.9 Å². The third-order valence-corrected chi connectivity index (χ3v) is 1.83. The highest BCUT2D eigenvalue weighted by atomic mass is 19.4. The Hall–Kier alpha value is -1.89. The topological polar surface area (TPSA) is 55.4 Å². The van der Waals surface area contributed by atoms with Crippen LogP contribution in [-0.2, 0) is 9.53 Å². The van der Waals surface area contributed by atoms with Gasteiger partial charge in [-0.15, -0.1) is 0 Å². The molecule has 0 unspecified atom stereocenters. The summed E-state index contributed by atoms with van der Waals surface area (Å²) in [4.78, 5) is 21.5. The van der Waals surface area contributed by atoms with E-state index in [0.29, 0.717) is 17.5 Å². The van der Waals surface area contributed by atoms with Gasteiger partial charge in [0.2, 0.25) is 5.91 Å². The number of ether oxygens (including phenoxy) is 1. The quantitative estimate of drug-likeness (QED) is 0.825. The predicted octanol–water partition coefficient (Wildman–Crippen LogP) is 2.02. The highest BCUT2D eigenvalue weighted by Gasteiger charge is 2.27. The molecule has 4 nitrogen and oxygen atoms in total. The number of anilines is 1. The number of nitrogens with one attached hydrogen (secondary N) is 1. The van der Waals surface area contributed by atoms with Crippen molar-refractivity contribution in [3.05, 3.63) is 29.8 Å². The van der Waals surface area contributed by atoms with Gasteiger partial charge < -0.3 is 10.1 Å². The first-order valence-corrected chi connectivity index (χ1v) is 4.90. The van der Waals surface area contributed by atoms with Crippen molar-refractivity contribution < 1.29 is 27.5 Å². The van der Waals surface area contributed by atoms with Gasteiger partial charge in [0.1, 0.15) is 19.5 Å². The van der Waals surface area contributed by atoms with Crippen LogP contribution >= 0.6 is 0 Å². The fourth-order valence-corrected chi connectivity index (χ4v) is 1.10. The minimum absolute atomic E-state index is 0.376. The molecule has 0 aliphatic rings. The van der Waals surface area contributed by atoms with E-state index >= 15 is 0 Å². The molecule has 0 heterocycles. The average Bonchev–Trinajstić information content (AvgIpc) is 2.28. The molecule has 1 rings (SSSR count). The lowest BCUT2D eigenvalue weighted by atomic mass is 10.2. The molecule has 0 fully saturated rings. The summed E-state index contributed by atoms with van der Waals surface area (Å²) in [6.45, 7) is -2.15. The van der Waals surface area contributed by atoms with E-state index in [1.165, 1.54) is 24.3 Å². The van der Waals surface area contributed by atoms with Crippen LogP contribution in [0.5, 0.6) is 0 Å². The van der Waals surface area contributed by atoms with Crippen LogP contribution in [0.3, 0.4) is 0 Å². The van der Waals surface area contributed by atoms with E-state index in [2.05, 4.69) is 10.1 Å². The van der Waals surface area contributed by atoms with Crippen molar-refractivity contribution in [1.29, 1.82) is 0 Å². The Balaban J connectivity index is 2.37. The summed E-state index contributed by atoms with van der Waals surface area (Å²) in [5.41, 5.74) is 0.808. The first-order valence-electron chi connectivity index (χ1n) is 4.90. The third-order valence-electron chi connectivity index (χ3n) is 1.83. The largest absolute Gasteiger partial charge is 0.411 e. The molecule has 1 amide bonds. The number of aldehydes is 1. The number of alkyl halides is 3. The lowest BCUT2D eigenvalue weighted by Gasteiger charge is -2.08. The fraction of sp³-hybridized carbons (Fsp3) is 0.273.